The number of amides is 2. The zero-order valence-corrected chi connectivity index (χ0v) is 18.8. The van der Waals surface area contributed by atoms with Crippen molar-refractivity contribution in [2.75, 3.05) is 5.75 Å². The van der Waals surface area contributed by atoms with Gasteiger partial charge in [-0.15, -0.1) is 0 Å². The number of carbonyl (C=O) groups is 2. The van der Waals surface area contributed by atoms with Crippen LogP contribution in [0, 0.1) is 5.92 Å². The van der Waals surface area contributed by atoms with E-state index in [9.17, 15) is 23.1 Å². The molecule has 0 bridgehead atoms. The quantitative estimate of drug-likeness (QED) is 0.702. The molecule has 2 heterocycles. The Bertz CT molecular complexity index is 1100. The van der Waals surface area contributed by atoms with Gasteiger partial charge in [0.15, 0.2) is 9.84 Å². The summed E-state index contributed by atoms with van der Waals surface area (Å²) >= 11 is 0. The molecule has 1 aliphatic heterocycles. The number of pyridine rings is 1. The van der Waals surface area contributed by atoms with Gasteiger partial charge in [-0.1, -0.05) is 32.9 Å². The highest BCUT2D eigenvalue weighted by molar-refractivity contribution is 7.91. The van der Waals surface area contributed by atoms with Gasteiger partial charge in [-0.05, 0) is 42.2 Å². The van der Waals surface area contributed by atoms with Crippen LogP contribution in [0.4, 0.5) is 4.79 Å². The molecule has 1 aromatic heterocycles. The monoisotopic (exact) mass is 445 g/mol. The number of rotatable bonds is 6. The van der Waals surface area contributed by atoms with E-state index in [1.165, 1.54) is 23.2 Å². The minimum atomic E-state index is -3.26. The van der Waals surface area contributed by atoms with Gasteiger partial charge in [-0.25, -0.2) is 13.2 Å². The molecule has 0 aliphatic carbocycles. The molecule has 8 nitrogen and oxygen atoms in total. The van der Waals surface area contributed by atoms with E-state index in [-0.39, 0.29) is 35.1 Å². The third kappa shape index (κ3) is 4.41. The van der Waals surface area contributed by atoms with Crippen molar-refractivity contribution in [3.8, 4) is 0 Å². The molecule has 31 heavy (non-hydrogen) atoms. The highest BCUT2D eigenvalue weighted by atomic mass is 32.2. The second-order valence-corrected chi connectivity index (χ2v) is 10.3. The van der Waals surface area contributed by atoms with Crippen molar-refractivity contribution < 1.29 is 23.1 Å². The first-order valence-electron chi connectivity index (χ1n) is 10.2. The molecule has 1 aromatic carbocycles. The number of hydrogen-bond acceptors (Lipinski definition) is 5. The van der Waals surface area contributed by atoms with Crippen molar-refractivity contribution in [2.45, 2.75) is 51.2 Å². The maximum Gasteiger partial charge on any atom is 0.408 e. The summed E-state index contributed by atoms with van der Waals surface area (Å²) in [5.41, 5.74) is 2.55. The zero-order valence-electron chi connectivity index (χ0n) is 18.0. The first-order valence-corrected chi connectivity index (χ1v) is 11.8. The Balaban J connectivity index is 1.75. The fourth-order valence-corrected chi connectivity index (χ4v) is 4.79. The molecular formula is C22H27N3O5S. The molecule has 0 radical (unpaired) electrons. The SMILES string of the molecule is CCS(=O)(=O)c1ccc(CNC(=O)c2cnc3c(c2)C(C)N(C(=O)O)C3C(C)C)cc1. The number of hydrogen-bond donors (Lipinski definition) is 2. The molecular weight excluding hydrogens is 418 g/mol. The van der Waals surface area contributed by atoms with E-state index in [2.05, 4.69) is 10.3 Å². The molecule has 2 atom stereocenters. The summed E-state index contributed by atoms with van der Waals surface area (Å²) in [5, 5.41) is 12.4. The largest absolute Gasteiger partial charge is 0.465 e. The predicted molar refractivity (Wildman–Crippen MR) is 115 cm³/mol. The third-order valence-corrected chi connectivity index (χ3v) is 7.38. The van der Waals surface area contributed by atoms with Crippen molar-refractivity contribution in [2.24, 2.45) is 5.92 Å². The first kappa shape index (κ1) is 22.7. The molecule has 2 amide bonds. The Morgan fingerprint density at radius 2 is 1.87 bits per heavy atom. The van der Waals surface area contributed by atoms with Crippen LogP contribution in [-0.2, 0) is 16.4 Å². The predicted octanol–water partition coefficient (Wildman–Crippen LogP) is 3.56. The lowest BCUT2D eigenvalue weighted by Gasteiger charge is -2.28. The van der Waals surface area contributed by atoms with Crippen molar-refractivity contribution >= 4 is 21.8 Å². The molecule has 1 aliphatic rings. The van der Waals surface area contributed by atoms with E-state index in [0.717, 1.165) is 11.1 Å². The lowest BCUT2D eigenvalue weighted by atomic mass is 9.99. The number of carboxylic acid groups (broad SMARTS) is 1. The summed E-state index contributed by atoms with van der Waals surface area (Å²) < 4.78 is 23.8. The van der Waals surface area contributed by atoms with E-state index < -0.39 is 22.0 Å². The van der Waals surface area contributed by atoms with Gasteiger partial charge >= 0.3 is 6.09 Å². The molecule has 9 heteroatoms. The van der Waals surface area contributed by atoms with Gasteiger partial charge in [0.2, 0.25) is 0 Å². The molecule has 2 N–H and O–H groups in total. The zero-order chi connectivity index (χ0) is 22.9. The second kappa shape index (κ2) is 8.66. The van der Waals surface area contributed by atoms with Crippen molar-refractivity contribution in [1.82, 2.24) is 15.2 Å². The molecule has 0 fully saturated rings. The minimum Gasteiger partial charge on any atom is -0.465 e. The highest BCUT2D eigenvalue weighted by Gasteiger charge is 2.42. The van der Waals surface area contributed by atoms with E-state index in [1.54, 1.807) is 32.0 Å². The van der Waals surface area contributed by atoms with Crippen LogP contribution in [0.3, 0.4) is 0 Å². The summed E-state index contributed by atoms with van der Waals surface area (Å²) in [6.07, 6.45) is 0.460. The number of aromatic nitrogens is 1. The summed E-state index contributed by atoms with van der Waals surface area (Å²) in [6, 6.07) is 7.37. The van der Waals surface area contributed by atoms with Crippen LogP contribution in [0.1, 0.15) is 67.0 Å². The maximum absolute atomic E-state index is 12.7. The summed E-state index contributed by atoms with van der Waals surface area (Å²) in [7, 11) is -3.26. The Labute approximate surface area is 182 Å². The molecule has 0 saturated heterocycles. The van der Waals surface area contributed by atoms with Gasteiger partial charge in [0.1, 0.15) is 0 Å². The van der Waals surface area contributed by atoms with E-state index >= 15 is 0 Å². The fourth-order valence-electron chi connectivity index (χ4n) is 3.91. The molecule has 2 unspecified atom stereocenters. The third-order valence-electron chi connectivity index (χ3n) is 5.63. The van der Waals surface area contributed by atoms with Crippen molar-refractivity contribution in [1.29, 1.82) is 0 Å². The summed E-state index contributed by atoms with van der Waals surface area (Å²) in [4.78, 5) is 30.5. The Morgan fingerprint density at radius 1 is 1.23 bits per heavy atom. The van der Waals surface area contributed by atoms with Crippen LogP contribution in [0.15, 0.2) is 41.4 Å². The smallest absolute Gasteiger partial charge is 0.408 e. The van der Waals surface area contributed by atoms with Crippen LogP contribution < -0.4 is 5.32 Å². The molecule has 3 rings (SSSR count). The van der Waals surface area contributed by atoms with Crippen molar-refractivity contribution in [3.63, 3.8) is 0 Å². The Hall–Kier alpha value is -2.94. The standard InChI is InChI=1S/C22H27N3O5S/c1-5-31(29,30)17-8-6-15(7-9-17)11-24-21(26)16-10-18-14(4)25(22(27)28)20(13(2)3)19(18)23-12-16/h6-10,12-14,20H,5,11H2,1-4H3,(H,24,26)(H,27,28). The number of nitrogens with zero attached hydrogens (tertiary/aromatic N) is 2. The van der Waals surface area contributed by atoms with Crippen LogP contribution in [0.5, 0.6) is 0 Å². The van der Waals surface area contributed by atoms with Crippen LogP contribution in [0.25, 0.3) is 0 Å². The molecule has 166 valence electrons. The van der Waals surface area contributed by atoms with Crippen LogP contribution in [-0.4, -0.2) is 41.2 Å². The van der Waals surface area contributed by atoms with Gasteiger partial charge in [0.25, 0.3) is 5.91 Å². The number of fused-ring (bicyclic) bond motifs is 1. The summed E-state index contributed by atoms with van der Waals surface area (Å²) in [6.45, 7) is 7.51. The molecule has 0 saturated carbocycles. The average Bonchev–Trinajstić information content (AvgIpc) is 3.04. The first-order chi connectivity index (χ1) is 14.6. The van der Waals surface area contributed by atoms with Gasteiger partial charge in [0.05, 0.1) is 34.0 Å². The molecule has 2 aromatic rings. The van der Waals surface area contributed by atoms with Gasteiger partial charge in [0, 0.05) is 12.7 Å². The number of benzene rings is 1. The van der Waals surface area contributed by atoms with Gasteiger partial charge in [-0.2, -0.15) is 0 Å². The Kier molecular flexibility index (Phi) is 6.35. The lowest BCUT2D eigenvalue weighted by molar-refractivity contribution is 0.0949. The molecule has 0 spiro atoms. The van der Waals surface area contributed by atoms with Gasteiger partial charge < -0.3 is 10.4 Å². The Morgan fingerprint density at radius 3 is 2.42 bits per heavy atom. The number of sulfone groups is 1. The lowest BCUT2D eigenvalue weighted by Crippen LogP contribution is -2.33. The average molecular weight is 446 g/mol. The fraction of sp³-hybridized carbons (Fsp3) is 0.409. The minimum absolute atomic E-state index is 0.0316. The number of carbonyl (C=O) groups excluding carboxylic acids is 1. The summed E-state index contributed by atoms with van der Waals surface area (Å²) in [5.74, 6) is -0.252. The van der Waals surface area contributed by atoms with E-state index in [0.29, 0.717) is 11.3 Å². The van der Waals surface area contributed by atoms with E-state index in [1.807, 2.05) is 13.8 Å². The van der Waals surface area contributed by atoms with Crippen LogP contribution >= 0.6 is 0 Å². The second-order valence-electron chi connectivity index (χ2n) is 7.98. The topological polar surface area (TPSA) is 117 Å². The maximum atomic E-state index is 12.7. The normalized spacial score (nSPS) is 18.2. The van der Waals surface area contributed by atoms with Crippen molar-refractivity contribution in [3.05, 3.63) is 58.9 Å². The van der Waals surface area contributed by atoms with Crippen LogP contribution in [0.2, 0.25) is 0 Å². The van der Waals surface area contributed by atoms with E-state index in [4.69, 9.17) is 0 Å². The van der Waals surface area contributed by atoms with Gasteiger partial charge in [-0.3, -0.25) is 14.7 Å². The number of nitrogens with one attached hydrogen (secondary N) is 1. The highest BCUT2D eigenvalue weighted by Crippen LogP contribution is 2.44.